The molecule has 0 saturated heterocycles. The molecule has 0 spiro atoms. The molecular weight excluding hydrogens is 364 g/mol. The maximum atomic E-state index is 12.5. The zero-order chi connectivity index (χ0) is 19.6. The van der Waals surface area contributed by atoms with Crippen molar-refractivity contribution in [1.29, 1.82) is 0 Å². The maximum absolute atomic E-state index is 12.5. The molecule has 0 saturated carbocycles. The first-order valence-electron chi connectivity index (χ1n) is 8.82. The van der Waals surface area contributed by atoms with Crippen molar-refractivity contribution in [2.45, 2.75) is 46.3 Å². The van der Waals surface area contributed by atoms with E-state index in [1.165, 1.54) is 11.3 Å². The van der Waals surface area contributed by atoms with Crippen LogP contribution in [0.1, 0.15) is 42.6 Å². The first-order valence-corrected chi connectivity index (χ1v) is 9.64. The molecule has 0 unspecified atom stereocenters. The third kappa shape index (κ3) is 4.03. The molecule has 3 rings (SSSR count). The van der Waals surface area contributed by atoms with Gasteiger partial charge in [0, 0.05) is 4.88 Å². The van der Waals surface area contributed by atoms with Gasteiger partial charge in [0.1, 0.15) is 10.6 Å². The van der Waals surface area contributed by atoms with E-state index in [2.05, 4.69) is 9.97 Å². The summed E-state index contributed by atoms with van der Waals surface area (Å²) in [5.74, 6) is 0.443. The quantitative estimate of drug-likeness (QED) is 0.646. The molecule has 142 valence electrons. The van der Waals surface area contributed by atoms with Crippen LogP contribution in [0.5, 0.6) is 5.75 Å². The molecule has 0 radical (unpaired) electrons. The highest BCUT2D eigenvalue weighted by Crippen LogP contribution is 2.27. The molecule has 3 aromatic rings. The Balaban J connectivity index is 1.77. The Hall–Kier alpha value is -2.67. The molecule has 0 aliphatic carbocycles. The summed E-state index contributed by atoms with van der Waals surface area (Å²) in [4.78, 5) is 33.8. The Kier molecular flexibility index (Phi) is 5.60. The molecule has 0 aliphatic heterocycles. The number of carbonyl (C=O) groups excluding carboxylic acids is 1. The van der Waals surface area contributed by atoms with Gasteiger partial charge in [0.05, 0.1) is 5.39 Å². The predicted molar refractivity (Wildman–Crippen MR) is 105 cm³/mol. The Morgan fingerprint density at radius 1 is 1.26 bits per heavy atom. The van der Waals surface area contributed by atoms with Gasteiger partial charge in [-0.15, -0.1) is 11.3 Å². The predicted octanol–water partition coefficient (Wildman–Crippen LogP) is 4.06. The standard InChI is InChI=1S/C20H22N2O4S/c1-5-15(26-14-9-7-6-8-10-14)20(24)25-12(3)17-21-18(23)16-11(2)13(4)27-19(16)22-17/h6-10,12,15H,5H2,1-4H3,(H,21,22,23)/t12-,15+/m1/s1. The second-order valence-corrected chi connectivity index (χ2v) is 7.52. The number of hydrogen-bond donors (Lipinski definition) is 1. The van der Waals surface area contributed by atoms with Gasteiger partial charge < -0.3 is 14.5 Å². The van der Waals surface area contributed by atoms with E-state index in [-0.39, 0.29) is 5.56 Å². The van der Waals surface area contributed by atoms with Crippen molar-refractivity contribution in [2.24, 2.45) is 0 Å². The summed E-state index contributed by atoms with van der Waals surface area (Å²) in [6.07, 6.45) is -0.950. The number of benzene rings is 1. The Labute approximate surface area is 161 Å². The maximum Gasteiger partial charge on any atom is 0.348 e. The molecule has 0 fully saturated rings. The lowest BCUT2D eigenvalue weighted by Gasteiger charge is -2.19. The first kappa shape index (κ1) is 19.1. The summed E-state index contributed by atoms with van der Waals surface area (Å²) in [5, 5.41) is 0.596. The average molecular weight is 386 g/mol. The van der Waals surface area contributed by atoms with Crippen LogP contribution in [0.15, 0.2) is 35.1 Å². The zero-order valence-corrected chi connectivity index (χ0v) is 16.6. The molecule has 2 heterocycles. The van der Waals surface area contributed by atoms with Gasteiger partial charge in [-0.05, 0) is 44.9 Å². The number of ether oxygens (including phenoxy) is 2. The van der Waals surface area contributed by atoms with Gasteiger partial charge in [0.25, 0.3) is 5.56 Å². The van der Waals surface area contributed by atoms with Crippen LogP contribution in [-0.2, 0) is 9.53 Å². The van der Waals surface area contributed by atoms with E-state index in [1.54, 1.807) is 19.1 Å². The summed E-state index contributed by atoms with van der Waals surface area (Å²) in [7, 11) is 0. The summed E-state index contributed by atoms with van der Waals surface area (Å²) >= 11 is 1.46. The summed E-state index contributed by atoms with van der Waals surface area (Å²) in [6.45, 7) is 7.39. The number of esters is 1. The van der Waals surface area contributed by atoms with E-state index in [0.29, 0.717) is 28.2 Å². The number of thiophene rings is 1. The van der Waals surface area contributed by atoms with Crippen LogP contribution >= 0.6 is 11.3 Å². The van der Waals surface area contributed by atoms with Crippen molar-refractivity contribution in [3.63, 3.8) is 0 Å². The van der Waals surface area contributed by atoms with Crippen molar-refractivity contribution in [1.82, 2.24) is 9.97 Å². The van der Waals surface area contributed by atoms with Crippen LogP contribution in [0.3, 0.4) is 0 Å². The second kappa shape index (κ2) is 7.92. The SMILES string of the molecule is CC[C@H](Oc1ccccc1)C(=O)O[C@H](C)c1nc2sc(C)c(C)c2c(=O)[nH]1. The largest absolute Gasteiger partial charge is 0.479 e. The van der Waals surface area contributed by atoms with Crippen molar-refractivity contribution in [3.8, 4) is 5.75 Å². The van der Waals surface area contributed by atoms with Gasteiger partial charge in [0.15, 0.2) is 18.0 Å². The van der Waals surface area contributed by atoms with Crippen LogP contribution < -0.4 is 10.3 Å². The minimum atomic E-state index is -0.725. The lowest BCUT2D eigenvalue weighted by atomic mass is 10.2. The van der Waals surface area contributed by atoms with Crippen LogP contribution in [-0.4, -0.2) is 22.0 Å². The molecule has 7 heteroatoms. The van der Waals surface area contributed by atoms with Crippen LogP contribution in [0.25, 0.3) is 10.2 Å². The first-order chi connectivity index (χ1) is 12.9. The lowest BCUT2D eigenvalue weighted by Crippen LogP contribution is -2.30. The molecule has 6 nitrogen and oxygen atoms in total. The molecule has 0 amide bonds. The Bertz CT molecular complexity index is 1010. The summed E-state index contributed by atoms with van der Waals surface area (Å²) in [6, 6.07) is 9.12. The van der Waals surface area contributed by atoms with Gasteiger partial charge in [-0.2, -0.15) is 0 Å². The fourth-order valence-corrected chi connectivity index (χ4v) is 3.77. The molecule has 1 N–H and O–H groups in total. The molecule has 0 bridgehead atoms. The molecule has 27 heavy (non-hydrogen) atoms. The topological polar surface area (TPSA) is 81.3 Å². The number of fused-ring (bicyclic) bond motifs is 1. The van der Waals surface area contributed by atoms with Crippen molar-refractivity contribution < 1.29 is 14.3 Å². The number of para-hydroxylation sites is 1. The summed E-state index contributed by atoms with van der Waals surface area (Å²) in [5.41, 5.74) is 0.717. The van der Waals surface area contributed by atoms with E-state index in [1.807, 2.05) is 39.0 Å². The van der Waals surface area contributed by atoms with E-state index in [9.17, 15) is 9.59 Å². The number of aromatic nitrogens is 2. The molecule has 1 aromatic carbocycles. The normalized spacial score (nSPS) is 13.3. The molecule has 2 aromatic heterocycles. The van der Waals surface area contributed by atoms with Gasteiger partial charge >= 0.3 is 5.97 Å². The third-order valence-corrected chi connectivity index (χ3v) is 5.49. The fraction of sp³-hybridized carbons (Fsp3) is 0.350. The Morgan fingerprint density at radius 3 is 2.63 bits per heavy atom. The van der Waals surface area contributed by atoms with Gasteiger partial charge in [-0.1, -0.05) is 25.1 Å². The number of nitrogens with zero attached hydrogens (tertiary/aromatic N) is 1. The van der Waals surface area contributed by atoms with Gasteiger partial charge in [-0.3, -0.25) is 4.79 Å². The number of rotatable bonds is 6. The number of aromatic amines is 1. The minimum Gasteiger partial charge on any atom is -0.479 e. The molecule has 2 atom stereocenters. The van der Waals surface area contributed by atoms with E-state index in [0.717, 1.165) is 10.4 Å². The Morgan fingerprint density at radius 2 is 1.96 bits per heavy atom. The minimum absolute atomic E-state index is 0.215. The summed E-state index contributed by atoms with van der Waals surface area (Å²) < 4.78 is 11.2. The number of hydrogen-bond acceptors (Lipinski definition) is 6. The van der Waals surface area contributed by atoms with Crippen LogP contribution in [0.2, 0.25) is 0 Å². The number of aryl methyl sites for hydroxylation is 2. The monoisotopic (exact) mass is 386 g/mol. The van der Waals surface area contributed by atoms with Crippen molar-refractivity contribution in [3.05, 3.63) is 57.0 Å². The fourth-order valence-electron chi connectivity index (χ4n) is 2.73. The highest BCUT2D eigenvalue weighted by Gasteiger charge is 2.24. The number of nitrogens with one attached hydrogen (secondary N) is 1. The second-order valence-electron chi connectivity index (χ2n) is 6.32. The highest BCUT2D eigenvalue weighted by molar-refractivity contribution is 7.18. The van der Waals surface area contributed by atoms with Crippen molar-refractivity contribution >= 4 is 27.5 Å². The van der Waals surface area contributed by atoms with Crippen LogP contribution in [0, 0.1) is 13.8 Å². The zero-order valence-electron chi connectivity index (χ0n) is 15.7. The van der Waals surface area contributed by atoms with Gasteiger partial charge in [-0.25, -0.2) is 9.78 Å². The van der Waals surface area contributed by atoms with E-state index in [4.69, 9.17) is 9.47 Å². The highest BCUT2D eigenvalue weighted by atomic mass is 32.1. The van der Waals surface area contributed by atoms with Crippen molar-refractivity contribution in [2.75, 3.05) is 0 Å². The lowest BCUT2D eigenvalue weighted by molar-refractivity contribution is -0.157. The van der Waals surface area contributed by atoms with Crippen LogP contribution in [0.4, 0.5) is 0 Å². The molecular formula is C20H22N2O4S. The smallest absolute Gasteiger partial charge is 0.348 e. The third-order valence-electron chi connectivity index (χ3n) is 4.39. The van der Waals surface area contributed by atoms with Gasteiger partial charge in [0.2, 0.25) is 0 Å². The van der Waals surface area contributed by atoms with E-state index >= 15 is 0 Å². The number of H-pyrrole nitrogens is 1. The number of carbonyl (C=O) groups is 1. The average Bonchev–Trinajstić information content (AvgIpc) is 2.94. The van der Waals surface area contributed by atoms with E-state index < -0.39 is 18.2 Å². The molecule has 0 aliphatic rings.